The van der Waals surface area contributed by atoms with Crippen LogP contribution in [-0.2, 0) is 20.6 Å². The van der Waals surface area contributed by atoms with Crippen LogP contribution in [0.3, 0.4) is 0 Å². The highest BCUT2D eigenvalue weighted by Crippen LogP contribution is 2.12. The minimum Gasteiger partial charge on any atom is -0.326 e. The van der Waals surface area contributed by atoms with Crippen molar-refractivity contribution in [2.75, 3.05) is 5.32 Å². The highest BCUT2D eigenvalue weighted by Gasteiger charge is 2.14. The Morgan fingerprint density at radius 1 is 1.11 bits per heavy atom. The Morgan fingerprint density at radius 3 is 2.48 bits per heavy atom. The summed E-state index contributed by atoms with van der Waals surface area (Å²) in [4.78, 5) is 40.8. The van der Waals surface area contributed by atoms with Crippen LogP contribution in [0.15, 0.2) is 46.0 Å². The van der Waals surface area contributed by atoms with Gasteiger partial charge in [0.15, 0.2) is 0 Å². The third-order valence-corrected chi connectivity index (χ3v) is 3.95. The number of pyridine rings is 1. The van der Waals surface area contributed by atoms with E-state index >= 15 is 0 Å². The molecule has 2 heterocycles. The molecule has 27 heavy (non-hydrogen) atoms. The number of carbonyl (C=O) groups is 1. The maximum absolute atomic E-state index is 12.4. The molecule has 3 rings (SSSR count). The van der Waals surface area contributed by atoms with E-state index in [1.165, 1.54) is 30.8 Å². The van der Waals surface area contributed by atoms with Gasteiger partial charge in [0.25, 0.3) is 11.5 Å². The Bertz CT molecular complexity index is 1110. The van der Waals surface area contributed by atoms with E-state index in [9.17, 15) is 14.4 Å². The van der Waals surface area contributed by atoms with E-state index in [0.29, 0.717) is 12.2 Å². The number of anilines is 1. The largest absolute Gasteiger partial charge is 0.332 e. The van der Waals surface area contributed by atoms with E-state index in [1.54, 1.807) is 18.2 Å². The monoisotopic (exact) mass is 411 g/mol. The predicted octanol–water partition coefficient (Wildman–Crippen LogP) is 1.19. The van der Waals surface area contributed by atoms with Crippen molar-refractivity contribution in [2.24, 2.45) is 19.8 Å². The smallest absolute Gasteiger partial charge is 0.326 e. The molecule has 0 saturated carbocycles. The first-order valence-corrected chi connectivity index (χ1v) is 7.59. The number of aryl methyl sites for hydroxylation is 1. The zero-order valence-electron chi connectivity index (χ0n) is 14.6. The van der Waals surface area contributed by atoms with Crippen LogP contribution in [-0.4, -0.2) is 20.0 Å². The first-order valence-electron chi connectivity index (χ1n) is 7.59. The fourth-order valence-corrected chi connectivity index (χ4v) is 2.55. The fourth-order valence-electron chi connectivity index (χ4n) is 2.55. The molecular formula is C17H19Cl2N5O3. The van der Waals surface area contributed by atoms with E-state index in [-0.39, 0.29) is 41.5 Å². The minimum atomic E-state index is -0.502. The lowest BCUT2D eigenvalue weighted by atomic mass is 10.2. The van der Waals surface area contributed by atoms with Crippen molar-refractivity contribution in [3.05, 3.63) is 68.5 Å². The Morgan fingerprint density at radius 2 is 1.81 bits per heavy atom. The number of benzene rings is 1. The van der Waals surface area contributed by atoms with Crippen molar-refractivity contribution < 1.29 is 4.79 Å². The summed E-state index contributed by atoms with van der Waals surface area (Å²) >= 11 is 0. The van der Waals surface area contributed by atoms with Crippen LogP contribution in [0, 0.1) is 0 Å². The number of carbonyl (C=O) groups excluding carboxylic acids is 1. The zero-order chi connectivity index (χ0) is 18.1. The Labute approximate surface area is 166 Å². The van der Waals surface area contributed by atoms with Gasteiger partial charge < -0.3 is 11.1 Å². The molecule has 1 amide bonds. The average Bonchev–Trinajstić information content (AvgIpc) is 2.64. The highest BCUT2D eigenvalue weighted by atomic mass is 35.5. The quantitative estimate of drug-likeness (QED) is 0.671. The van der Waals surface area contributed by atoms with Crippen molar-refractivity contribution in [3.8, 4) is 0 Å². The van der Waals surface area contributed by atoms with Crippen LogP contribution >= 0.6 is 24.8 Å². The van der Waals surface area contributed by atoms with Gasteiger partial charge >= 0.3 is 5.69 Å². The molecule has 0 aliphatic heterocycles. The summed E-state index contributed by atoms with van der Waals surface area (Å²) < 4.78 is 2.24. The van der Waals surface area contributed by atoms with Crippen molar-refractivity contribution in [1.82, 2.24) is 14.1 Å². The zero-order valence-corrected chi connectivity index (χ0v) is 16.3. The molecular weight excluding hydrogens is 393 g/mol. The van der Waals surface area contributed by atoms with E-state index < -0.39 is 17.2 Å². The Balaban J connectivity index is 0.00000182. The highest BCUT2D eigenvalue weighted by molar-refractivity contribution is 6.03. The predicted molar refractivity (Wildman–Crippen MR) is 109 cm³/mol. The summed E-state index contributed by atoms with van der Waals surface area (Å²) in [5.74, 6) is -0.441. The van der Waals surface area contributed by atoms with Gasteiger partial charge in [0.1, 0.15) is 11.3 Å². The molecule has 2 aromatic heterocycles. The van der Waals surface area contributed by atoms with E-state index in [2.05, 4.69) is 10.3 Å². The van der Waals surface area contributed by atoms with Gasteiger partial charge in [-0.2, -0.15) is 0 Å². The van der Waals surface area contributed by atoms with Crippen molar-refractivity contribution in [1.29, 1.82) is 0 Å². The van der Waals surface area contributed by atoms with Gasteiger partial charge in [0.05, 0.1) is 5.39 Å². The molecule has 0 aliphatic carbocycles. The van der Waals surface area contributed by atoms with Crippen LogP contribution in [0.2, 0.25) is 0 Å². The lowest BCUT2D eigenvalue weighted by Gasteiger charge is -2.09. The number of amides is 1. The molecule has 0 fully saturated rings. The molecule has 10 heteroatoms. The van der Waals surface area contributed by atoms with Gasteiger partial charge in [-0.25, -0.2) is 9.78 Å². The van der Waals surface area contributed by atoms with Crippen LogP contribution in [0.25, 0.3) is 11.0 Å². The third-order valence-electron chi connectivity index (χ3n) is 3.95. The molecule has 0 radical (unpaired) electrons. The maximum atomic E-state index is 12.4. The number of hydrogen-bond donors (Lipinski definition) is 2. The number of fused-ring (bicyclic) bond motifs is 1. The molecule has 0 unspecified atom stereocenters. The van der Waals surface area contributed by atoms with E-state index in [0.717, 1.165) is 10.1 Å². The number of nitrogens with zero attached hydrogens (tertiary/aromatic N) is 3. The summed E-state index contributed by atoms with van der Waals surface area (Å²) in [6.45, 7) is 0.364. The molecule has 8 nitrogen and oxygen atoms in total. The molecule has 3 aromatic rings. The fraction of sp³-hybridized carbons (Fsp3) is 0.176. The lowest BCUT2D eigenvalue weighted by molar-refractivity contribution is 0.102. The van der Waals surface area contributed by atoms with Gasteiger partial charge in [-0.3, -0.25) is 18.7 Å². The number of nitrogens with one attached hydrogen (secondary N) is 1. The number of aromatic nitrogens is 3. The number of rotatable bonds is 3. The van der Waals surface area contributed by atoms with Crippen molar-refractivity contribution in [2.45, 2.75) is 6.54 Å². The lowest BCUT2D eigenvalue weighted by Crippen LogP contribution is -2.37. The summed E-state index contributed by atoms with van der Waals surface area (Å²) in [7, 11) is 2.90. The molecule has 0 saturated heterocycles. The third kappa shape index (κ3) is 4.19. The second kappa shape index (κ2) is 8.81. The molecule has 3 N–H and O–H groups in total. The van der Waals surface area contributed by atoms with Crippen LogP contribution < -0.4 is 22.3 Å². The van der Waals surface area contributed by atoms with Gasteiger partial charge in [0, 0.05) is 26.3 Å². The topological polar surface area (TPSA) is 112 Å². The summed E-state index contributed by atoms with van der Waals surface area (Å²) in [6.07, 6.45) is 0. The SMILES string of the molecule is Cl.Cl.Cn1c(=O)c2ccc(C(=O)Nc3cccc(CN)c3)nc2n(C)c1=O. The molecule has 1 aromatic carbocycles. The summed E-state index contributed by atoms with van der Waals surface area (Å²) in [6, 6.07) is 10.1. The second-order valence-electron chi connectivity index (χ2n) is 5.63. The van der Waals surface area contributed by atoms with Crippen LogP contribution in [0.1, 0.15) is 16.1 Å². The standard InChI is InChI=1S/C17H17N5O3.2ClH/c1-21-14-12(16(24)22(2)17(21)25)6-7-13(20-14)15(23)19-11-5-3-4-10(8-11)9-18;;/h3-8H,9,18H2,1-2H3,(H,19,23);2*1H. The first-order chi connectivity index (χ1) is 11.9. The van der Waals surface area contributed by atoms with Gasteiger partial charge in [-0.1, -0.05) is 12.1 Å². The van der Waals surface area contributed by atoms with E-state index in [1.807, 2.05) is 6.07 Å². The summed E-state index contributed by atoms with van der Waals surface area (Å²) in [5.41, 5.74) is 6.38. The molecule has 144 valence electrons. The van der Waals surface area contributed by atoms with E-state index in [4.69, 9.17) is 5.73 Å². The normalized spacial score (nSPS) is 10.0. The maximum Gasteiger partial charge on any atom is 0.332 e. The Hall–Kier alpha value is -2.68. The van der Waals surface area contributed by atoms with Gasteiger partial charge in [0.2, 0.25) is 0 Å². The number of hydrogen-bond acceptors (Lipinski definition) is 5. The van der Waals surface area contributed by atoms with Crippen LogP contribution in [0.4, 0.5) is 5.69 Å². The Kier molecular flexibility index (Phi) is 7.29. The number of halogens is 2. The molecule has 0 aliphatic rings. The van der Waals surface area contributed by atoms with Crippen molar-refractivity contribution >= 4 is 47.4 Å². The molecule has 0 bridgehead atoms. The van der Waals surface area contributed by atoms with Crippen LogP contribution in [0.5, 0.6) is 0 Å². The number of nitrogens with two attached hydrogens (primary N) is 1. The molecule has 0 spiro atoms. The molecule has 0 atom stereocenters. The summed E-state index contributed by atoms with van der Waals surface area (Å²) in [5, 5.41) is 3.00. The average molecular weight is 412 g/mol. The van der Waals surface area contributed by atoms with Gasteiger partial charge in [-0.05, 0) is 29.8 Å². The second-order valence-corrected chi connectivity index (χ2v) is 5.63. The van der Waals surface area contributed by atoms with Gasteiger partial charge in [-0.15, -0.1) is 24.8 Å². The first kappa shape index (κ1) is 22.4. The minimum absolute atomic E-state index is 0. The van der Waals surface area contributed by atoms with Crippen molar-refractivity contribution in [3.63, 3.8) is 0 Å².